The molecule has 0 saturated heterocycles. The molecule has 0 bridgehead atoms. The Hall–Kier alpha value is 0.550. The molecule has 1 nitrogen and oxygen atoms in total. The quantitative estimate of drug-likeness (QED) is 0.458. The Morgan fingerprint density at radius 1 is 0.944 bits per heavy atom. The van der Waals surface area contributed by atoms with Gasteiger partial charge in [0.15, 0.2) is 0 Å². The van der Waals surface area contributed by atoms with E-state index >= 15 is 0 Å². The Morgan fingerprint density at radius 3 is 2.39 bits per heavy atom. The molecule has 2 aromatic heterocycles. The number of thiazole rings is 1. The molecule has 0 N–H and O–H groups in total. The maximum absolute atomic E-state index is 4.72. The zero-order valence-corrected chi connectivity index (χ0v) is 15.3. The van der Waals surface area contributed by atoms with Crippen LogP contribution in [0.5, 0.6) is 0 Å². The van der Waals surface area contributed by atoms with Crippen LogP contribution in [0.25, 0.3) is 10.2 Å². The molecule has 18 heavy (non-hydrogen) atoms. The Bertz CT molecular complexity index is 470. The third-order valence-corrected chi connectivity index (χ3v) is 6.98. The second kappa shape index (κ2) is 7.36. The molecule has 0 aliphatic carbocycles. The number of unbranched alkanes of at least 4 members (excludes halogenated alkanes) is 5. The summed E-state index contributed by atoms with van der Waals surface area (Å²) in [6.07, 6.45) is 9.22. The lowest BCUT2D eigenvalue weighted by atomic mass is 10.1. The minimum Gasteiger partial charge on any atom is -0.239 e. The fourth-order valence-electron chi connectivity index (χ4n) is 1.97. The summed E-state index contributed by atoms with van der Waals surface area (Å²) in [5, 5.41) is 1.28. The SMILES string of the molecule is CCCCCCCCc1nc2c(Br)sc(Br)c2s1. The molecule has 0 spiro atoms. The number of aromatic nitrogens is 1. The predicted molar refractivity (Wildman–Crippen MR) is 90.0 cm³/mol. The topological polar surface area (TPSA) is 12.9 Å². The van der Waals surface area contributed by atoms with E-state index in [0.717, 1.165) is 15.7 Å². The number of hydrogen-bond acceptors (Lipinski definition) is 3. The van der Waals surface area contributed by atoms with E-state index in [1.54, 1.807) is 11.3 Å². The van der Waals surface area contributed by atoms with Gasteiger partial charge in [-0.1, -0.05) is 39.0 Å². The van der Waals surface area contributed by atoms with Crippen LogP contribution in [0.2, 0.25) is 0 Å². The van der Waals surface area contributed by atoms with Crippen molar-refractivity contribution >= 4 is 64.8 Å². The molecule has 0 unspecified atom stereocenters. The number of rotatable bonds is 7. The number of nitrogens with zero attached hydrogens (tertiary/aromatic N) is 1. The smallest absolute Gasteiger partial charge is 0.108 e. The molecule has 2 heterocycles. The minimum absolute atomic E-state index is 1.13. The molecular weight excluding hydrogens is 394 g/mol. The Balaban J connectivity index is 1.83. The van der Waals surface area contributed by atoms with E-state index in [0.29, 0.717) is 0 Å². The summed E-state index contributed by atoms with van der Waals surface area (Å²) >= 11 is 10.7. The molecule has 0 fully saturated rings. The average molecular weight is 411 g/mol. The first-order valence-corrected chi connectivity index (χ1v) is 9.67. The zero-order chi connectivity index (χ0) is 13.0. The highest BCUT2D eigenvalue weighted by Gasteiger charge is 2.13. The van der Waals surface area contributed by atoms with Gasteiger partial charge in [-0.3, -0.25) is 0 Å². The number of hydrogen-bond donors (Lipinski definition) is 0. The predicted octanol–water partition coefficient (Wildman–Crippen LogP) is 6.79. The highest BCUT2D eigenvalue weighted by molar-refractivity contribution is 9.12. The zero-order valence-electron chi connectivity index (χ0n) is 10.5. The van der Waals surface area contributed by atoms with E-state index in [1.807, 2.05) is 11.3 Å². The van der Waals surface area contributed by atoms with Gasteiger partial charge in [-0.05, 0) is 44.7 Å². The Labute approximate surface area is 133 Å². The van der Waals surface area contributed by atoms with Crippen LogP contribution in [-0.4, -0.2) is 4.98 Å². The van der Waals surface area contributed by atoms with Crippen molar-refractivity contribution in [3.8, 4) is 0 Å². The standard InChI is InChI=1S/C13H17Br2NS2/c1-2-3-4-5-6-7-8-9-16-10-11(17-9)13(15)18-12(10)14/h2-8H2,1H3. The van der Waals surface area contributed by atoms with E-state index < -0.39 is 0 Å². The van der Waals surface area contributed by atoms with Crippen molar-refractivity contribution in [3.63, 3.8) is 0 Å². The van der Waals surface area contributed by atoms with Gasteiger partial charge in [0.05, 0.1) is 17.3 Å². The van der Waals surface area contributed by atoms with Gasteiger partial charge in [0.1, 0.15) is 5.52 Å². The summed E-state index contributed by atoms with van der Waals surface area (Å²) in [5.74, 6) is 0. The van der Waals surface area contributed by atoms with Crippen molar-refractivity contribution in [1.29, 1.82) is 0 Å². The monoisotopic (exact) mass is 409 g/mol. The van der Waals surface area contributed by atoms with Gasteiger partial charge < -0.3 is 0 Å². The number of fused-ring (bicyclic) bond motifs is 1. The van der Waals surface area contributed by atoms with Gasteiger partial charge in [-0.15, -0.1) is 22.7 Å². The maximum Gasteiger partial charge on any atom is 0.108 e. The molecule has 2 rings (SSSR count). The van der Waals surface area contributed by atoms with Gasteiger partial charge in [-0.25, -0.2) is 4.98 Å². The third kappa shape index (κ3) is 3.78. The van der Waals surface area contributed by atoms with Crippen LogP contribution in [0.4, 0.5) is 0 Å². The van der Waals surface area contributed by atoms with Crippen molar-refractivity contribution in [1.82, 2.24) is 4.98 Å². The highest BCUT2D eigenvalue weighted by atomic mass is 79.9. The van der Waals surface area contributed by atoms with Gasteiger partial charge in [-0.2, -0.15) is 0 Å². The lowest BCUT2D eigenvalue weighted by Gasteiger charge is -1.98. The first-order valence-electron chi connectivity index (χ1n) is 6.45. The summed E-state index contributed by atoms with van der Waals surface area (Å²) < 4.78 is 3.65. The van der Waals surface area contributed by atoms with E-state index in [1.165, 1.54) is 52.0 Å². The van der Waals surface area contributed by atoms with E-state index in [4.69, 9.17) is 4.98 Å². The lowest BCUT2D eigenvalue weighted by Crippen LogP contribution is -1.84. The molecule has 0 saturated carbocycles. The van der Waals surface area contributed by atoms with Crippen LogP contribution in [0, 0.1) is 0 Å². The molecule has 5 heteroatoms. The highest BCUT2D eigenvalue weighted by Crippen LogP contribution is 2.42. The van der Waals surface area contributed by atoms with E-state index in [-0.39, 0.29) is 0 Å². The summed E-state index contributed by atoms with van der Waals surface area (Å²) in [4.78, 5) is 4.72. The van der Waals surface area contributed by atoms with Gasteiger partial charge in [0, 0.05) is 0 Å². The minimum atomic E-state index is 1.13. The fourth-order valence-corrected chi connectivity index (χ4v) is 6.29. The molecule has 0 aliphatic heterocycles. The van der Waals surface area contributed by atoms with Crippen LogP contribution in [0.15, 0.2) is 7.57 Å². The largest absolute Gasteiger partial charge is 0.239 e. The number of aryl methyl sites for hydroxylation is 1. The number of thiophene rings is 1. The lowest BCUT2D eigenvalue weighted by molar-refractivity contribution is 0.607. The van der Waals surface area contributed by atoms with Crippen LogP contribution >= 0.6 is 54.5 Å². The fraction of sp³-hybridized carbons (Fsp3) is 0.615. The number of halogens is 2. The van der Waals surface area contributed by atoms with Crippen molar-refractivity contribution in [2.75, 3.05) is 0 Å². The van der Waals surface area contributed by atoms with Gasteiger partial charge >= 0.3 is 0 Å². The first-order chi connectivity index (χ1) is 8.72. The third-order valence-electron chi connectivity index (χ3n) is 2.96. The molecule has 2 aromatic rings. The van der Waals surface area contributed by atoms with Gasteiger partial charge in [0.25, 0.3) is 0 Å². The molecule has 0 atom stereocenters. The van der Waals surface area contributed by atoms with Crippen molar-refractivity contribution in [2.24, 2.45) is 0 Å². The maximum atomic E-state index is 4.72. The Morgan fingerprint density at radius 2 is 1.67 bits per heavy atom. The summed E-state index contributed by atoms with van der Waals surface area (Å²) in [6, 6.07) is 0. The van der Waals surface area contributed by atoms with Crippen molar-refractivity contribution < 1.29 is 0 Å². The summed E-state index contributed by atoms with van der Waals surface area (Å²) in [7, 11) is 0. The molecule has 0 amide bonds. The average Bonchev–Trinajstić information content (AvgIpc) is 2.87. The van der Waals surface area contributed by atoms with Gasteiger partial charge in [0.2, 0.25) is 0 Å². The van der Waals surface area contributed by atoms with Crippen LogP contribution < -0.4 is 0 Å². The summed E-state index contributed by atoms with van der Waals surface area (Å²) in [5.41, 5.74) is 1.14. The normalized spacial score (nSPS) is 11.5. The molecule has 100 valence electrons. The second-order valence-electron chi connectivity index (χ2n) is 4.45. The van der Waals surface area contributed by atoms with Crippen LogP contribution in [0.1, 0.15) is 50.5 Å². The van der Waals surface area contributed by atoms with E-state index in [9.17, 15) is 0 Å². The Kier molecular flexibility index (Phi) is 6.12. The summed E-state index contributed by atoms with van der Waals surface area (Å²) in [6.45, 7) is 2.26. The van der Waals surface area contributed by atoms with Crippen LogP contribution in [-0.2, 0) is 6.42 Å². The molecular formula is C13H17Br2NS2. The molecule has 0 aliphatic rings. The van der Waals surface area contributed by atoms with Crippen LogP contribution in [0.3, 0.4) is 0 Å². The first kappa shape index (κ1) is 14.9. The molecule has 0 radical (unpaired) electrons. The molecule has 0 aromatic carbocycles. The second-order valence-corrected chi connectivity index (χ2v) is 9.19. The van der Waals surface area contributed by atoms with E-state index in [2.05, 4.69) is 38.8 Å². The van der Waals surface area contributed by atoms with Crippen molar-refractivity contribution in [2.45, 2.75) is 51.9 Å². The van der Waals surface area contributed by atoms with Crippen molar-refractivity contribution in [3.05, 3.63) is 12.6 Å².